The minimum absolute atomic E-state index is 0.00504. The van der Waals surface area contributed by atoms with Gasteiger partial charge in [0.15, 0.2) is 0 Å². The number of benzene rings is 1. The highest BCUT2D eigenvalue weighted by molar-refractivity contribution is 5.88. The fraction of sp³-hybridized carbons (Fsp3) is 0.591. The summed E-state index contributed by atoms with van der Waals surface area (Å²) >= 11 is 0. The van der Waals surface area contributed by atoms with E-state index in [-0.39, 0.29) is 23.6 Å². The van der Waals surface area contributed by atoms with E-state index in [1.54, 1.807) is 0 Å². The molecule has 2 heterocycles. The normalized spacial score (nSPS) is 25.4. The average Bonchev–Trinajstić information content (AvgIpc) is 2.84. The predicted octanol–water partition coefficient (Wildman–Crippen LogP) is 3.05. The fourth-order valence-corrected chi connectivity index (χ4v) is 4.51. The first-order valence-electron chi connectivity index (χ1n) is 10.1. The smallest absolute Gasteiger partial charge is 0.228 e. The minimum atomic E-state index is -0.469. The number of likely N-dealkylation sites (tertiary alicyclic amines) is 1. The lowest BCUT2D eigenvalue weighted by atomic mass is 9.79. The molecule has 3 amide bonds. The van der Waals surface area contributed by atoms with Crippen molar-refractivity contribution >= 4 is 23.4 Å². The molecule has 0 aliphatic carbocycles. The van der Waals surface area contributed by atoms with Crippen molar-refractivity contribution in [2.75, 3.05) is 18.4 Å². The third-order valence-electron chi connectivity index (χ3n) is 5.75. The third-order valence-corrected chi connectivity index (χ3v) is 5.75. The van der Waals surface area contributed by atoms with Gasteiger partial charge in [-0.25, -0.2) is 0 Å². The lowest BCUT2D eigenvalue weighted by Gasteiger charge is -2.35. The summed E-state index contributed by atoms with van der Waals surface area (Å²) in [6.07, 6.45) is 3.22. The predicted molar refractivity (Wildman–Crippen MR) is 109 cm³/mol. The number of hydrogen-bond donors (Lipinski definition) is 2. The van der Waals surface area contributed by atoms with Crippen molar-refractivity contribution in [2.45, 2.75) is 64.8 Å². The summed E-state index contributed by atoms with van der Waals surface area (Å²) in [4.78, 5) is 38.8. The Balaban J connectivity index is 1.99. The molecule has 152 valence electrons. The molecule has 2 atom stereocenters. The topological polar surface area (TPSA) is 78.5 Å². The minimum Gasteiger partial charge on any atom is -0.348 e. The van der Waals surface area contributed by atoms with Crippen LogP contribution in [-0.2, 0) is 14.4 Å². The number of nitrogens with zero attached hydrogens (tertiary/aromatic N) is 1. The van der Waals surface area contributed by atoms with E-state index >= 15 is 0 Å². The van der Waals surface area contributed by atoms with Crippen LogP contribution in [0.2, 0.25) is 0 Å². The van der Waals surface area contributed by atoms with Crippen LogP contribution in [-0.4, -0.2) is 41.2 Å². The zero-order chi connectivity index (χ0) is 20.5. The molecule has 0 aromatic heterocycles. The van der Waals surface area contributed by atoms with Crippen LogP contribution in [0, 0.1) is 5.41 Å². The van der Waals surface area contributed by atoms with Crippen LogP contribution in [0.15, 0.2) is 24.3 Å². The van der Waals surface area contributed by atoms with Gasteiger partial charge >= 0.3 is 0 Å². The Kier molecular flexibility index (Phi) is 5.50. The largest absolute Gasteiger partial charge is 0.348 e. The average molecular weight is 386 g/mol. The first-order chi connectivity index (χ1) is 13.1. The molecule has 28 heavy (non-hydrogen) atoms. The van der Waals surface area contributed by atoms with Gasteiger partial charge in [0.1, 0.15) is 0 Å². The van der Waals surface area contributed by atoms with Gasteiger partial charge < -0.3 is 15.5 Å². The number of rotatable bonds is 2. The molecule has 2 aliphatic rings. The van der Waals surface area contributed by atoms with Gasteiger partial charge in [0.05, 0.1) is 5.54 Å². The van der Waals surface area contributed by atoms with Crippen LogP contribution >= 0.6 is 0 Å². The van der Waals surface area contributed by atoms with E-state index < -0.39 is 11.0 Å². The van der Waals surface area contributed by atoms with Gasteiger partial charge in [0, 0.05) is 43.5 Å². The second-order valence-corrected chi connectivity index (χ2v) is 9.21. The second-order valence-electron chi connectivity index (χ2n) is 9.21. The maximum Gasteiger partial charge on any atom is 0.228 e. The van der Waals surface area contributed by atoms with Gasteiger partial charge in [-0.2, -0.15) is 0 Å². The summed E-state index contributed by atoms with van der Waals surface area (Å²) in [6, 6.07) is 7.77. The second kappa shape index (κ2) is 7.57. The first-order valence-corrected chi connectivity index (χ1v) is 10.1. The quantitative estimate of drug-likeness (QED) is 0.821. The zero-order valence-corrected chi connectivity index (χ0v) is 17.3. The molecule has 2 aliphatic heterocycles. The number of carbonyl (C=O) groups excluding carboxylic acids is 3. The maximum atomic E-state index is 13.0. The van der Waals surface area contributed by atoms with Crippen molar-refractivity contribution < 1.29 is 14.4 Å². The molecular weight excluding hydrogens is 354 g/mol. The maximum absolute atomic E-state index is 13.0. The van der Waals surface area contributed by atoms with Crippen molar-refractivity contribution in [1.29, 1.82) is 0 Å². The fourth-order valence-electron chi connectivity index (χ4n) is 4.51. The number of amides is 3. The molecule has 1 aromatic rings. The number of anilines is 1. The highest BCUT2D eigenvalue weighted by Crippen LogP contribution is 2.42. The number of nitrogens with one attached hydrogen (secondary N) is 2. The van der Waals surface area contributed by atoms with Gasteiger partial charge in [0.2, 0.25) is 17.7 Å². The van der Waals surface area contributed by atoms with Gasteiger partial charge in [-0.15, -0.1) is 0 Å². The molecule has 1 spiro atoms. The van der Waals surface area contributed by atoms with E-state index in [1.807, 2.05) is 49.9 Å². The van der Waals surface area contributed by atoms with Gasteiger partial charge in [-0.05, 0) is 30.5 Å². The van der Waals surface area contributed by atoms with Crippen molar-refractivity contribution in [2.24, 2.45) is 5.41 Å². The molecule has 3 rings (SSSR count). The molecule has 2 fully saturated rings. The third kappa shape index (κ3) is 4.21. The van der Waals surface area contributed by atoms with Crippen LogP contribution in [0.1, 0.15) is 64.9 Å². The summed E-state index contributed by atoms with van der Waals surface area (Å²) in [5, 5.41) is 6.11. The Labute approximate surface area is 167 Å². The summed E-state index contributed by atoms with van der Waals surface area (Å²) in [5.74, 6) is 0.0385. The first kappa shape index (κ1) is 20.4. The van der Waals surface area contributed by atoms with E-state index in [4.69, 9.17) is 0 Å². The highest BCUT2D eigenvalue weighted by atomic mass is 16.2. The standard InChI is InChI=1S/C22H31N3O3/c1-15(26)23-17-9-7-8-16(12-17)18-13-25(20(28)21(2,3)4)14-22(18)11-6-5-10-19(27)24-22/h7-9,12,18H,5-6,10-11,13-14H2,1-4H3,(H,23,26)(H,24,27)/t18-,22+/m0/s1. The van der Waals surface area contributed by atoms with E-state index in [1.165, 1.54) is 6.92 Å². The summed E-state index contributed by atoms with van der Waals surface area (Å²) in [5.41, 5.74) is 0.852. The van der Waals surface area contributed by atoms with E-state index in [0.717, 1.165) is 30.5 Å². The van der Waals surface area contributed by atoms with E-state index in [9.17, 15) is 14.4 Å². The Morgan fingerprint density at radius 2 is 2.00 bits per heavy atom. The molecule has 1 aromatic carbocycles. The molecule has 2 saturated heterocycles. The lowest BCUT2D eigenvalue weighted by molar-refractivity contribution is -0.138. The Morgan fingerprint density at radius 3 is 2.68 bits per heavy atom. The molecule has 6 nitrogen and oxygen atoms in total. The lowest BCUT2D eigenvalue weighted by Crippen LogP contribution is -2.53. The van der Waals surface area contributed by atoms with Crippen LogP contribution in [0.5, 0.6) is 0 Å². The van der Waals surface area contributed by atoms with E-state index in [2.05, 4.69) is 10.6 Å². The summed E-state index contributed by atoms with van der Waals surface area (Å²) < 4.78 is 0. The monoisotopic (exact) mass is 385 g/mol. The van der Waals surface area contributed by atoms with Crippen LogP contribution in [0.25, 0.3) is 0 Å². The highest BCUT2D eigenvalue weighted by Gasteiger charge is 2.50. The Morgan fingerprint density at radius 1 is 1.25 bits per heavy atom. The van der Waals surface area contributed by atoms with Crippen molar-refractivity contribution in [3.8, 4) is 0 Å². The Bertz CT molecular complexity index is 783. The van der Waals surface area contributed by atoms with E-state index in [0.29, 0.717) is 19.5 Å². The molecule has 0 saturated carbocycles. The van der Waals surface area contributed by atoms with Crippen molar-refractivity contribution in [3.63, 3.8) is 0 Å². The molecule has 0 unspecified atom stereocenters. The van der Waals surface area contributed by atoms with Crippen molar-refractivity contribution in [1.82, 2.24) is 10.2 Å². The molecule has 0 bridgehead atoms. The Hall–Kier alpha value is -2.37. The van der Waals surface area contributed by atoms with Crippen LogP contribution in [0.3, 0.4) is 0 Å². The number of hydrogen-bond acceptors (Lipinski definition) is 3. The SMILES string of the molecule is CC(=O)Nc1cccc([C@@H]2CN(C(=O)C(C)(C)C)C[C@]23CCCCC(=O)N3)c1. The zero-order valence-electron chi connectivity index (χ0n) is 17.3. The molecule has 0 radical (unpaired) electrons. The molecule has 2 N–H and O–H groups in total. The van der Waals surface area contributed by atoms with Gasteiger partial charge in [0.25, 0.3) is 0 Å². The van der Waals surface area contributed by atoms with Gasteiger partial charge in [-0.3, -0.25) is 14.4 Å². The van der Waals surface area contributed by atoms with Crippen LogP contribution in [0.4, 0.5) is 5.69 Å². The summed E-state index contributed by atoms with van der Waals surface area (Å²) in [7, 11) is 0. The van der Waals surface area contributed by atoms with Crippen LogP contribution < -0.4 is 10.6 Å². The van der Waals surface area contributed by atoms with Gasteiger partial charge in [-0.1, -0.05) is 39.3 Å². The van der Waals surface area contributed by atoms with Crippen molar-refractivity contribution in [3.05, 3.63) is 29.8 Å². The molecule has 6 heteroatoms. The molecular formula is C22H31N3O3. The number of carbonyl (C=O) groups is 3. The summed E-state index contributed by atoms with van der Waals surface area (Å²) in [6.45, 7) is 8.37.